The summed E-state index contributed by atoms with van der Waals surface area (Å²) in [6.07, 6.45) is 6.80. The highest BCUT2D eigenvalue weighted by molar-refractivity contribution is 5.31. The number of benzene rings is 1. The predicted molar refractivity (Wildman–Crippen MR) is 78.5 cm³/mol. The summed E-state index contributed by atoms with van der Waals surface area (Å²) < 4.78 is 5.44. The lowest BCUT2D eigenvalue weighted by Gasteiger charge is -2.38. The average Bonchev–Trinajstić information content (AvgIpc) is 2.82. The van der Waals surface area contributed by atoms with E-state index in [4.69, 9.17) is 4.74 Å². The number of nitrogens with one attached hydrogen (secondary N) is 1. The lowest BCUT2D eigenvalue weighted by molar-refractivity contribution is 0.105. The van der Waals surface area contributed by atoms with Crippen molar-refractivity contribution < 1.29 is 4.74 Å². The fraction of sp³-hybridized carbons (Fsp3) is 0.647. The Labute approximate surface area is 116 Å². The van der Waals surface area contributed by atoms with Crippen LogP contribution in [0.5, 0.6) is 0 Å². The second kappa shape index (κ2) is 5.64. The van der Waals surface area contributed by atoms with Crippen molar-refractivity contribution in [3.8, 4) is 0 Å². The van der Waals surface area contributed by atoms with Crippen LogP contribution < -0.4 is 5.32 Å². The van der Waals surface area contributed by atoms with Gasteiger partial charge in [0.25, 0.3) is 0 Å². The van der Waals surface area contributed by atoms with Gasteiger partial charge in [-0.25, -0.2) is 0 Å². The molecule has 104 valence electrons. The molecule has 0 saturated heterocycles. The molecule has 0 amide bonds. The van der Waals surface area contributed by atoms with Gasteiger partial charge < -0.3 is 10.1 Å². The van der Waals surface area contributed by atoms with Gasteiger partial charge in [-0.15, -0.1) is 0 Å². The monoisotopic (exact) mass is 259 g/mol. The zero-order valence-electron chi connectivity index (χ0n) is 12.1. The molecule has 2 atom stereocenters. The summed E-state index contributed by atoms with van der Waals surface area (Å²) in [7, 11) is 1.84. The van der Waals surface area contributed by atoms with Crippen molar-refractivity contribution in [3.05, 3.63) is 35.4 Å². The third-order valence-electron chi connectivity index (χ3n) is 4.96. The van der Waals surface area contributed by atoms with Gasteiger partial charge in [0.1, 0.15) is 0 Å². The highest BCUT2D eigenvalue weighted by atomic mass is 16.5. The molecule has 0 radical (unpaired) electrons. The zero-order chi connectivity index (χ0) is 13.2. The first-order valence-electron chi connectivity index (χ1n) is 7.60. The maximum atomic E-state index is 5.44. The van der Waals surface area contributed by atoms with Gasteiger partial charge in [0.15, 0.2) is 0 Å². The van der Waals surface area contributed by atoms with Gasteiger partial charge in [-0.3, -0.25) is 0 Å². The fourth-order valence-electron chi connectivity index (χ4n) is 3.69. The molecule has 0 aliphatic heterocycles. The Morgan fingerprint density at radius 1 is 1.05 bits per heavy atom. The maximum absolute atomic E-state index is 5.44. The van der Waals surface area contributed by atoms with Crippen LogP contribution in [0.15, 0.2) is 24.3 Å². The molecule has 0 bridgehead atoms. The molecule has 19 heavy (non-hydrogen) atoms. The van der Waals surface area contributed by atoms with E-state index in [1.165, 1.54) is 37.7 Å². The molecule has 2 saturated carbocycles. The van der Waals surface area contributed by atoms with E-state index in [9.17, 15) is 0 Å². The zero-order valence-corrected chi connectivity index (χ0v) is 12.1. The molecule has 2 unspecified atom stereocenters. The van der Waals surface area contributed by atoms with Gasteiger partial charge in [0, 0.05) is 19.2 Å². The Morgan fingerprint density at radius 3 is 2.53 bits per heavy atom. The smallest absolute Gasteiger partial charge is 0.0586 e. The lowest BCUT2D eigenvalue weighted by atomic mass is 9.74. The van der Waals surface area contributed by atoms with Gasteiger partial charge in [-0.05, 0) is 56.1 Å². The lowest BCUT2D eigenvalue weighted by Crippen LogP contribution is -2.45. The summed E-state index contributed by atoms with van der Waals surface area (Å²) in [5.74, 6) is 0.776. The minimum Gasteiger partial charge on any atom is -0.381 e. The summed E-state index contributed by atoms with van der Waals surface area (Å²) in [6.45, 7) is 2.23. The van der Waals surface area contributed by atoms with Crippen LogP contribution in [0.3, 0.4) is 0 Å². The molecule has 1 aromatic carbocycles. The van der Waals surface area contributed by atoms with Crippen LogP contribution >= 0.6 is 0 Å². The predicted octanol–water partition coefficient (Wildman–Crippen LogP) is 3.40. The molecule has 2 aliphatic rings. The van der Waals surface area contributed by atoms with Crippen LogP contribution in [-0.4, -0.2) is 25.3 Å². The van der Waals surface area contributed by atoms with Gasteiger partial charge in [-0.1, -0.05) is 24.3 Å². The normalized spacial score (nSPS) is 34.2. The van der Waals surface area contributed by atoms with Gasteiger partial charge in [0.2, 0.25) is 0 Å². The minimum absolute atomic E-state index is 0.491. The van der Waals surface area contributed by atoms with E-state index in [1.807, 2.05) is 7.11 Å². The van der Waals surface area contributed by atoms with Crippen LogP contribution in [0.2, 0.25) is 0 Å². The number of methoxy groups -OCH3 is 1. The fourth-order valence-corrected chi connectivity index (χ4v) is 3.69. The van der Waals surface area contributed by atoms with Crippen LogP contribution in [0.1, 0.15) is 49.1 Å². The van der Waals surface area contributed by atoms with Crippen LogP contribution in [0.25, 0.3) is 0 Å². The quantitative estimate of drug-likeness (QED) is 0.895. The molecule has 1 N–H and O–H groups in total. The van der Waals surface area contributed by atoms with E-state index in [0.717, 1.165) is 12.0 Å². The van der Waals surface area contributed by atoms with E-state index in [1.54, 1.807) is 5.56 Å². The molecule has 2 fully saturated rings. The summed E-state index contributed by atoms with van der Waals surface area (Å²) in [4.78, 5) is 0. The molecule has 2 heteroatoms. The molecule has 2 nitrogen and oxygen atoms in total. The summed E-state index contributed by atoms with van der Waals surface area (Å²) in [5, 5.41) is 3.82. The molecule has 1 aromatic rings. The van der Waals surface area contributed by atoms with Crippen LogP contribution in [0, 0.1) is 6.92 Å². The van der Waals surface area contributed by atoms with Crippen LogP contribution in [-0.2, 0) is 4.74 Å². The first-order chi connectivity index (χ1) is 9.26. The largest absolute Gasteiger partial charge is 0.381 e. The second-order valence-electron chi connectivity index (χ2n) is 6.26. The standard InChI is InChI=1S/C17H25NO/c1-12-5-3-4-6-17(12)13-9-15(10-13)18-14-7-8-16(11-14)19-2/h3-6,13-16,18H,7-11H2,1-2H3. The van der Waals surface area contributed by atoms with Gasteiger partial charge >= 0.3 is 0 Å². The Bertz CT molecular complexity index is 425. The molecular weight excluding hydrogens is 234 g/mol. The molecular formula is C17H25NO. The number of ether oxygens (including phenoxy) is 1. The highest BCUT2D eigenvalue weighted by Gasteiger charge is 2.34. The first kappa shape index (κ1) is 13.1. The molecule has 0 spiro atoms. The minimum atomic E-state index is 0.491. The third-order valence-corrected chi connectivity index (χ3v) is 4.96. The van der Waals surface area contributed by atoms with Crippen molar-refractivity contribution in [1.29, 1.82) is 0 Å². The number of rotatable bonds is 4. The second-order valence-corrected chi connectivity index (χ2v) is 6.26. The van der Waals surface area contributed by atoms with Crippen molar-refractivity contribution in [3.63, 3.8) is 0 Å². The first-order valence-corrected chi connectivity index (χ1v) is 7.60. The maximum Gasteiger partial charge on any atom is 0.0586 e. The van der Waals surface area contributed by atoms with E-state index < -0.39 is 0 Å². The summed E-state index contributed by atoms with van der Waals surface area (Å²) in [5.41, 5.74) is 3.01. The highest BCUT2D eigenvalue weighted by Crippen LogP contribution is 2.39. The Hall–Kier alpha value is -0.860. The number of hydrogen-bond acceptors (Lipinski definition) is 2. The van der Waals surface area contributed by atoms with Gasteiger partial charge in [-0.2, -0.15) is 0 Å². The molecule has 3 rings (SSSR count). The van der Waals surface area contributed by atoms with Crippen molar-refractivity contribution >= 4 is 0 Å². The molecule has 2 aliphatic carbocycles. The van der Waals surface area contributed by atoms with E-state index in [2.05, 4.69) is 36.5 Å². The molecule has 0 heterocycles. The summed E-state index contributed by atoms with van der Waals surface area (Å²) >= 11 is 0. The van der Waals surface area contributed by atoms with Crippen LogP contribution in [0.4, 0.5) is 0 Å². The third kappa shape index (κ3) is 2.85. The van der Waals surface area contributed by atoms with E-state index >= 15 is 0 Å². The van der Waals surface area contributed by atoms with Crippen molar-refractivity contribution in [2.24, 2.45) is 0 Å². The van der Waals surface area contributed by atoms with Gasteiger partial charge in [0.05, 0.1) is 6.10 Å². The van der Waals surface area contributed by atoms with Crippen molar-refractivity contribution in [2.45, 2.75) is 63.1 Å². The van der Waals surface area contributed by atoms with E-state index in [-0.39, 0.29) is 0 Å². The topological polar surface area (TPSA) is 21.3 Å². The Morgan fingerprint density at radius 2 is 1.84 bits per heavy atom. The van der Waals surface area contributed by atoms with E-state index in [0.29, 0.717) is 12.1 Å². The van der Waals surface area contributed by atoms with Crippen molar-refractivity contribution in [2.75, 3.05) is 7.11 Å². The number of aryl methyl sites for hydroxylation is 1. The average molecular weight is 259 g/mol. The Balaban J connectivity index is 1.47. The number of hydrogen-bond donors (Lipinski definition) is 1. The SMILES string of the molecule is COC1CCC(NC2CC(c3ccccc3C)C2)C1. The Kier molecular flexibility index (Phi) is 3.90. The van der Waals surface area contributed by atoms with Crippen molar-refractivity contribution in [1.82, 2.24) is 5.32 Å². The molecule has 0 aromatic heterocycles. The summed E-state index contributed by atoms with van der Waals surface area (Å²) in [6, 6.07) is 10.3.